The second-order valence-electron chi connectivity index (χ2n) is 9.23. The Kier molecular flexibility index (Phi) is 11.1. The molecule has 0 saturated carbocycles. The Labute approximate surface area is 284 Å². The SMILES string of the molecule is O=C(O)c1cc(/C=C/c2ccc(N=Nc3c(O)cc(O)cc3C(=O)O)c(C(=O)O)c2)ccc1N=Nc1c(O)cc(O)cc1C(=O)O.[Na+]. The molecule has 0 spiro atoms. The first-order valence-corrected chi connectivity index (χ1v) is 12.6. The van der Waals surface area contributed by atoms with E-state index in [0.29, 0.717) is 11.1 Å². The molecular formula is C30H20N4NaO12+. The average molecular weight is 651 g/mol. The Hall–Kier alpha value is -6.10. The molecule has 4 aromatic rings. The van der Waals surface area contributed by atoms with Crippen molar-refractivity contribution >= 4 is 58.8 Å². The third kappa shape index (κ3) is 8.34. The van der Waals surface area contributed by atoms with Gasteiger partial charge in [-0.2, -0.15) is 0 Å². The molecule has 17 heteroatoms. The van der Waals surface area contributed by atoms with Crippen molar-refractivity contribution in [1.82, 2.24) is 0 Å². The molecule has 0 heterocycles. The number of azo groups is 2. The number of hydrogen-bond donors (Lipinski definition) is 8. The van der Waals surface area contributed by atoms with E-state index in [1.54, 1.807) is 0 Å². The zero-order valence-corrected chi connectivity index (χ0v) is 25.9. The second kappa shape index (κ2) is 14.8. The minimum Gasteiger partial charge on any atom is -0.508 e. The molecule has 0 aliphatic rings. The van der Waals surface area contributed by atoms with Gasteiger partial charge in [0.1, 0.15) is 45.7 Å². The summed E-state index contributed by atoms with van der Waals surface area (Å²) >= 11 is 0. The average Bonchev–Trinajstić information content (AvgIpc) is 2.98. The van der Waals surface area contributed by atoms with E-state index in [-0.39, 0.29) is 52.1 Å². The summed E-state index contributed by atoms with van der Waals surface area (Å²) in [5, 5.41) is 92.0. The number of phenolic OH excluding ortho intramolecular Hbond substituents is 4. The summed E-state index contributed by atoms with van der Waals surface area (Å²) in [7, 11) is 0. The number of aromatic hydroxyl groups is 4. The van der Waals surface area contributed by atoms with Gasteiger partial charge in [-0.1, -0.05) is 24.3 Å². The normalized spacial score (nSPS) is 11.1. The fraction of sp³-hybridized carbons (Fsp3) is 0. The van der Waals surface area contributed by atoms with Gasteiger partial charge in [-0.25, -0.2) is 19.2 Å². The van der Waals surface area contributed by atoms with Crippen LogP contribution in [0.4, 0.5) is 22.7 Å². The van der Waals surface area contributed by atoms with E-state index in [2.05, 4.69) is 20.5 Å². The van der Waals surface area contributed by atoms with E-state index in [1.165, 1.54) is 48.6 Å². The molecule has 4 rings (SSSR count). The first-order valence-electron chi connectivity index (χ1n) is 12.6. The quantitative estimate of drug-likeness (QED) is 0.0696. The van der Waals surface area contributed by atoms with Crippen molar-refractivity contribution in [3.63, 3.8) is 0 Å². The van der Waals surface area contributed by atoms with Crippen molar-refractivity contribution < 1.29 is 89.6 Å². The molecule has 0 bridgehead atoms. The number of phenols is 4. The van der Waals surface area contributed by atoms with Crippen LogP contribution < -0.4 is 29.6 Å². The van der Waals surface area contributed by atoms with Gasteiger partial charge in [0, 0.05) is 12.1 Å². The van der Waals surface area contributed by atoms with Gasteiger partial charge in [0.05, 0.1) is 22.3 Å². The summed E-state index contributed by atoms with van der Waals surface area (Å²) in [6.07, 6.45) is 2.91. The monoisotopic (exact) mass is 651 g/mol. The summed E-state index contributed by atoms with van der Waals surface area (Å²) in [6.45, 7) is 0. The van der Waals surface area contributed by atoms with Crippen LogP contribution >= 0.6 is 0 Å². The van der Waals surface area contributed by atoms with Crippen LogP contribution in [-0.2, 0) is 0 Å². The Bertz CT molecular complexity index is 1880. The van der Waals surface area contributed by atoms with Gasteiger partial charge >= 0.3 is 53.4 Å². The van der Waals surface area contributed by atoms with Gasteiger partial charge in [0.15, 0.2) is 0 Å². The third-order valence-corrected chi connectivity index (χ3v) is 6.10. The summed E-state index contributed by atoms with van der Waals surface area (Å²) in [5.74, 6) is -8.33. The first kappa shape index (κ1) is 35.4. The van der Waals surface area contributed by atoms with Crippen molar-refractivity contribution in [2.75, 3.05) is 0 Å². The van der Waals surface area contributed by atoms with E-state index < -0.39 is 69.4 Å². The van der Waals surface area contributed by atoms with Crippen LogP contribution in [0.3, 0.4) is 0 Å². The van der Waals surface area contributed by atoms with Gasteiger partial charge in [0.2, 0.25) is 0 Å². The van der Waals surface area contributed by atoms with Crippen molar-refractivity contribution in [3.8, 4) is 23.0 Å². The number of carbonyl (C=O) groups is 4. The molecule has 232 valence electrons. The van der Waals surface area contributed by atoms with E-state index in [4.69, 9.17) is 0 Å². The van der Waals surface area contributed by atoms with Crippen LogP contribution in [0.25, 0.3) is 12.2 Å². The molecule has 47 heavy (non-hydrogen) atoms. The van der Waals surface area contributed by atoms with Gasteiger partial charge in [-0.05, 0) is 47.5 Å². The standard InChI is InChI=1S/C30H20N4O12.Na/c35-15-9-19(29(43)44)25(23(37)11-15)33-31-21-5-3-13(7-17(21)27(39)40)1-2-14-4-6-22(18(8-14)28(41)42)32-34-26-20(30(45)46)10-16(36)12-24(26)38;/h1-12,35-38H,(H,39,40)(H,41,42)(H,43,44)(H,45,46);/q;+1/b2-1+,33-31?,34-32?;. The molecule has 0 aromatic heterocycles. The first-order chi connectivity index (χ1) is 21.7. The number of nitrogens with zero attached hydrogens (tertiary/aromatic N) is 4. The molecule has 0 radical (unpaired) electrons. The number of aromatic carboxylic acids is 4. The van der Waals surface area contributed by atoms with Crippen LogP contribution in [0.15, 0.2) is 81.1 Å². The fourth-order valence-electron chi connectivity index (χ4n) is 3.98. The zero-order valence-electron chi connectivity index (χ0n) is 23.9. The zero-order chi connectivity index (χ0) is 33.7. The maximum Gasteiger partial charge on any atom is 1.00 e. The molecule has 0 amide bonds. The summed E-state index contributed by atoms with van der Waals surface area (Å²) in [6, 6.07) is 11.2. The molecule has 0 aliphatic carbocycles. The van der Waals surface area contributed by atoms with Crippen LogP contribution in [0, 0.1) is 0 Å². The van der Waals surface area contributed by atoms with Crippen molar-refractivity contribution in [2.24, 2.45) is 20.5 Å². The number of hydrogen-bond acceptors (Lipinski definition) is 12. The van der Waals surface area contributed by atoms with Crippen LogP contribution in [0.5, 0.6) is 23.0 Å². The minimum atomic E-state index is -1.52. The summed E-state index contributed by atoms with van der Waals surface area (Å²) in [5.41, 5.74) is -2.58. The third-order valence-electron chi connectivity index (χ3n) is 6.10. The molecule has 0 unspecified atom stereocenters. The molecule has 0 atom stereocenters. The molecule has 4 aromatic carbocycles. The van der Waals surface area contributed by atoms with E-state index >= 15 is 0 Å². The largest absolute Gasteiger partial charge is 1.00 e. The second-order valence-corrected chi connectivity index (χ2v) is 9.23. The van der Waals surface area contributed by atoms with Crippen molar-refractivity contribution in [3.05, 3.63) is 94.0 Å². The maximum absolute atomic E-state index is 11.9. The molecule has 0 aliphatic heterocycles. The van der Waals surface area contributed by atoms with Gasteiger partial charge in [0.25, 0.3) is 0 Å². The number of rotatable bonds is 10. The number of benzene rings is 4. The Morgan fingerprint density at radius 3 is 1.13 bits per heavy atom. The predicted molar refractivity (Wildman–Crippen MR) is 158 cm³/mol. The van der Waals surface area contributed by atoms with Crippen molar-refractivity contribution in [2.45, 2.75) is 0 Å². The topological polar surface area (TPSA) is 280 Å². The van der Waals surface area contributed by atoms with Crippen LogP contribution in [0.1, 0.15) is 52.6 Å². The fourth-order valence-corrected chi connectivity index (χ4v) is 3.98. The molecule has 8 N–H and O–H groups in total. The van der Waals surface area contributed by atoms with Gasteiger partial charge in [-0.3, -0.25) is 0 Å². The summed E-state index contributed by atoms with van der Waals surface area (Å²) in [4.78, 5) is 46.8. The Balaban J connectivity index is 0.00000600. The van der Waals surface area contributed by atoms with Crippen LogP contribution in [-0.4, -0.2) is 64.7 Å². The van der Waals surface area contributed by atoms with E-state index in [9.17, 15) is 60.0 Å². The molecule has 0 saturated heterocycles. The van der Waals surface area contributed by atoms with Crippen LogP contribution in [0.2, 0.25) is 0 Å². The number of carboxylic acid groups (broad SMARTS) is 4. The molecular weight excluding hydrogens is 631 g/mol. The van der Waals surface area contributed by atoms with E-state index in [1.807, 2.05) is 0 Å². The van der Waals surface area contributed by atoms with E-state index in [0.717, 1.165) is 24.3 Å². The summed E-state index contributed by atoms with van der Waals surface area (Å²) < 4.78 is 0. The minimum absolute atomic E-state index is 0. The number of carboxylic acids is 4. The Morgan fingerprint density at radius 2 is 0.809 bits per heavy atom. The Morgan fingerprint density at radius 1 is 0.468 bits per heavy atom. The van der Waals surface area contributed by atoms with Gasteiger partial charge in [-0.15, -0.1) is 20.5 Å². The van der Waals surface area contributed by atoms with Crippen molar-refractivity contribution in [1.29, 1.82) is 0 Å². The predicted octanol–water partition coefficient (Wildman–Crippen LogP) is 3.31. The molecule has 0 fully saturated rings. The maximum atomic E-state index is 11.9. The molecule has 16 nitrogen and oxygen atoms in total. The smallest absolute Gasteiger partial charge is 0.508 e. The van der Waals surface area contributed by atoms with Gasteiger partial charge < -0.3 is 40.9 Å².